The fraction of sp³-hybridized carbons (Fsp3) is 0.167. The molecule has 2 aromatic rings. The van der Waals surface area contributed by atoms with Crippen LogP contribution in [0.4, 0.5) is 0 Å². The van der Waals surface area contributed by atoms with Crippen molar-refractivity contribution in [3.63, 3.8) is 0 Å². The molecular formula is C12H11ClN2O. The molecule has 3 nitrogen and oxygen atoms in total. The van der Waals surface area contributed by atoms with Crippen LogP contribution in [0.5, 0.6) is 0 Å². The summed E-state index contributed by atoms with van der Waals surface area (Å²) in [5.41, 5.74) is 3.32. The Morgan fingerprint density at radius 2 is 2.19 bits per heavy atom. The van der Waals surface area contributed by atoms with Gasteiger partial charge in [-0.3, -0.25) is 4.79 Å². The van der Waals surface area contributed by atoms with E-state index in [1.54, 1.807) is 6.20 Å². The molecule has 0 bridgehead atoms. The quantitative estimate of drug-likeness (QED) is 0.592. The summed E-state index contributed by atoms with van der Waals surface area (Å²) in [4.78, 5) is 14.9. The highest BCUT2D eigenvalue weighted by atomic mass is 35.5. The van der Waals surface area contributed by atoms with Gasteiger partial charge in [0.15, 0.2) is 11.4 Å². The van der Waals surface area contributed by atoms with Gasteiger partial charge in [0.25, 0.3) is 0 Å². The summed E-state index contributed by atoms with van der Waals surface area (Å²) in [6.45, 7) is 3.82. The third kappa shape index (κ3) is 1.63. The molecule has 0 fully saturated rings. The fourth-order valence-corrected chi connectivity index (χ4v) is 2.03. The number of hydrogen-bond acceptors (Lipinski definition) is 2. The zero-order valence-electron chi connectivity index (χ0n) is 9.07. The highest BCUT2D eigenvalue weighted by molar-refractivity contribution is 6.31. The first-order chi connectivity index (χ1) is 7.65. The Balaban J connectivity index is 2.69. The van der Waals surface area contributed by atoms with Gasteiger partial charge in [-0.2, -0.15) is 0 Å². The largest absolute Gasteiger partial charge is 0.315 e. The van der Waals surface area contributed by atoms with Crippen LogP contribution in [-0.4, -0.2) is 15.8 Å². The first-order valence-corrected chi connectivity index (χ1v) is 5.28. The maximum atomic E-state index is 10.8. The topological polar surface area (TPSA) is 34.9 Å². The monoisotopic (exact) mass is 234 g/mol. The van der Waals surface area contributed by atoms with E-state index < -0.39 is 0 Å². The van der Waals surface area contributed by atoms with Crippen molar-refractivity contribution >= 4 is 17.9 Å². The molecule has 0 amide bonds. The van der Waals surface area contributed by atoms with Gasteiger partial charge in [-0.05, 0) is 32.0 Å². The highest BCUT2D eigenvalue weighted by Gasteiger charge is 2.12. The average molecular weight is 235 g/mol. The summed E-state index contributed by atoms with van der Waals surface area (Å²) >= 11 is 6.03. The lowest BCUT2D eigenvalue weighted by Gasteiger charge is -2.10. The third-order valence-corrected chi connectivity index (χ3v) is 2.87. The molecule has 0 atom stereocenters. The summed E-state index contributed by atoms with van der Waals surface area (Å²) in [6.07, 6.45) is 2.49. The van der Waals surface area contributed by atoms with Gasteiger partial charge in [-0.25, -0.2) is 4.98 Å². The van der Waals surface area contributed by atoms with Crippen molar-refractivity contribution in [2.75, 3.05) is 0 Å². The SMILES string of the molecule is Cc1cc(C=O)c(C)n1-c1cccnc1Cl. The smallest absolute Gasteiger partial charge is 0.152 e. The molecule has 0 saturated carbocycles. The van der Waals surface area contributed by atoms with E-state index in [2.05, 4.69) is 4.98 Å². The predicted octanol–water partition coefficient (Wildman–Crippen LogP) is 2.96. The van der Waals surface area contributed by atoms with Gasteiger partial charge in [0.1, 0.15) is 0 Å². The molecule has 82 valence electrons. The standard InChI is InChI=1S/C12H11ClN2O/c1-8-6-10(7-16)9(2)15(8)11-4-3-5-14-12(11)13/h3-7H,1-2H3. The summed E-state index contributed by atoms with van der Waals surface area (Å²) in [5.74, 6) is 0. The first kappa shape index (κ1) is 10.9. The van der Waals surface area contributed by atoms with Crippen LogP contribution in [0.2, 0.25) is 5.15 Å². The Labute approximate surface area is 98.7 Å². The van der Waals surface area contributed by atoms with Crippen molar-refractivity contribution in [1.29, 1.82) is 0 Å². The Morgan fingerprint density at radius 1 is 1.44 bits per heavy atom. The molecule has 2 heterocycles. The molecule has 0 spiro atoms. The molecule has 0 aliphatic heterocycles. The van der Waals surface area contributed by atoms with Crippen LogP contribution < -0.4 is 0 Å². The van der Waals surface area contributed by atoms with Crippen LogP contribution in [0.15, 0.2) is 24.4 Å². The zero-order chi connectivity index (χ0) is 11.7. The number of pyridine rings is 1. The van der Waals surface area contributed by atoms with Crippen molar-refractivity contribution in [1.82, 2.24) is 9.55 Å². The summed E-state index contributed by atoms with van der Waals surface area (Å²) in [7, 11) is 0. The fourth-order valence-electron chi connectivity index (χ4n) is 1.82. The molecule has 0 aliphatic carbocycles. The van der Waals surface area contributed by atoms with Crippen LogP contribution in [0.1, 0.15) is 21.7 Å². The minimum absolute atomic E-state index is 0.432. The van der Waals surface area contributed by atoms with Gasteiger partial charge in [-0.1, -0.05) is 11.6 Å². The second-order valence-corrected chi connectivity index (χ2v) is 3.95. The Morgan fingerprint density at radius 3 is 2.75 bits per heavy atom. The van der Waals surface area contributed by atoms with E-state index in [4.69, 9.17) is 11.6 Å². The second kappa shape index (κ2) is 4.10. The second-order valence-electron chi connectivity index (χ2n) is 3.59. The van der Waals surface area contributed by atoms with Gasteiger partial charge in [0, 0.05) is 23.1 Å². The Hall–Kier alpha value is -1.61. The summed E-state index contributed by atoms with van der Waals surface area (Å²) in [6, 6.07) is 5.54. The Bertz CT molecular complexity index is 546. The van der Waals surface area contributed by atoms with E-state index in [0.29, 0.717) is 10.7 Å². The van der Waals surface area contributed by atoms with E-state index in [1.807, 2.05) is 36.6 Å². The van der Waals surface area contributed by atoms with E-state index >= 15 is 0 Å². The van der Waals surface area contributed by atoms with Crippen molar-refractivity contribution < 1.29 is 4.79 Å². The van der Waals surface area contributed by atoms with E-state index in [0.717, 1.165) is 23.4 Å². The summed E-state index contributed by atoms with van der Waals surface area (Å²) in [5, 5.41) is 0.432. The number of carbonyl (C=O) groups is 1. The molecule has 0 N–H and O–H groups in total. The normalized spacial score (nSPS) is 10.4. The number of carbonyl (C=O) groups excluding carboxylic acids is 1. The van der Waals surface area contributed by atoms with E-state index in [9.17, 15) is 4.79 Å². The molecular weight excluding hydrogens is 224 g/mol. The zero-order valence-corrected chi connectivity index (χ0v) is 9.82. The van der Waals surface area contributed by atoms with E-state index in [-0.39, 0.29) is 0 Å². The molecule has 0 saturated heterocycles. The number of rotatable bonds is 2. The average Bonchev–Trinajstić information content (AvgIpc) is 2.55. The Kier molecular flexibility index (Phi) is 2.79. The predicted molar refractivity (Wildman–Crippen MR) is 63.4 cm³/mol. The first-order valence-electron chi connectivity index (χ1n) is 4.90. The molecule has 2 aromatic heterocycles. The maximum absolute atomic E-state index is 10.8. The highest BCUT2D eigenvalue weighted by Crippen LogP contribution is 2.23. The summed E-state index contributed by atoms with van der Waals surface area (Å²) < 4.78 is 1.93. The lowest BCUT2D eigenvalue weighted by atomic mass is 10.3. The van der Waals surface area contributed by atoms with Crippen molar-refractivity contribution in [3.05, 3.63) is 46.5 Å². The van der Waals surface area contributed by atoms with Gasteiger partial charge in [-0.15, -0.1) is 0 Å². The van der Waals surface area contributed by atoms with Gasteiger partial charge in [0.05, 0.1) is 5.69 Å². The number of nitrogens with zero attached hydrogens (tertiary/aromatic N) is 2. The lowest BCUT2D eigenvalue weighted by Crippen LogP contribution is -2.01. The molecule has 0 unspecified atom stereocenters. The molecule has 4 heteroatoms. The van der Waals surface area contributed by atoms with Crippen LogP contribution in [0.3, 0.4) is 0 Å². The van der Waals surface area contributed by atoms with Crippen molar-refractivity contribution in [2.45, 2.75) is 13.8 Å². The van der Waals surface area contributed by atoms with E-state index in [1.165, 1.54) is 0 Å². The van der Waals surface area contributed by atoms with Crippen LogP contribution in [-0.2, 0) is 0 Å². The minimum atomic E-state index is 0.432. The number of aryl methyl sites for hydroxylation is 1. The van der Waals surface area contributed by atoms with Crippen molar-refractivity contribution in [2.24, 2.45) is 0 Å². The van der Waals surface area contributed by atoms with Crippen LogP contribution in [0, 0.1) is 13.8 Å². The molecule has 2 rings (SSSR count). The lowest BCUT2D eigenvalue weighted by molar-refractivity contribution is 0.112. The van der Waals surface area contributed by atoms with Crippen molar-refractivity contribution in [3.8, 4) is 5.69 Å². The van der Waals surface area contributed by atoms with Gasteiger partial charge in [0.2, 0.25) is 0 Å². The molecule has 0 aliphatic rings. The van der Waals surface area contributed by atoms with Gasteiger partial charge < -0.3 is 4.57 Å². The maximum Gasteiger partial charge on any atom is 0.152 e. The molecule has 0 radical (unpaired) electrons. The molecule has 16 heavy (non-hydrogen) atoms. The number of aldehydes is 1. The number of hydrogen-bond donors (Lipinski definition) is 0. The number of halogens is 1. The number of aromatic nitrogens is 2. The molecule has 0 aromatic carbocycles. The van der Waals surface area contributed by atoms with Crippen LogP contribution in [0.25, 0.3) is 5.69 Å². The van der Waals surface area contributed by atoms with Gasteiger partial charge >= 0.3 is 0 Å². The van der Waals surface area contributed by atoms with Crippen LogP contribution >= 0.6 is 11.6 Å². The third-order valence-electron chi connectivity index (χ3n) is 2.58. The minimum Gasteiger partial charge on any atom is -0.315 e.